The molecule has 2 heterocycles. The molecule has 7 nitrogen and oxygen atoms in total. The SMILES string of the molecule is COCCOC(=O)C1=C(C)N=C2SC=C(CC(=O)NCc3cccc(F)c3)N2C1c1ccccc1. The van der Waals surface area contributed by atoms with E-state index in [1.165, 1.54) is 23.9 Å². The molecule has 0 saturated heterocycles. The Balaban J connectivity index is 1.56. The van der Waals surface area contributed by atoms with Crippen LogP contribution in [0.15, 0.2) is 82.0 Å². The summed E-state index contributed by atoms with van der Waals surface area (Å²) < 4.78 is 23.9. The van der Waals surface area contributed by atoms with Crippen molar-refractivity contribution in [1.82, 2.24) is 10.2 Å². The fraction of sp³-hybridized carbons (Fsp3) is 0.269. The molecule has 1 amide bonds. The number of nitrogens with zero attached hydrogens (tertiary/aromatic N) is 2. The molecule has 182 valence electrons. The second kappa shape index (κ2) is 11.3. The number of amidine groups is 1. The van der Waals surface area contributed by atoms with Gasteiger partial charge in [-0.2, -0.15) is 0 Å². The molecule has 1 unspecified atom stereocenters. The van der Waals surface area contributed by atoms with Crippen LogP contribution < -0.4 is 5.32 Å². The lowest BCUT2D eigenvalue weighted by atomic mass is 9.94. The number of hydrogen-bond donors (Lipinski definition) is 1. The van der Waals surface area contributed by atoms with Crippen molar-refractivity contribution < 1.29 is 23.5 Å². The molecule has 9 heteroatoms. The van der Waals surface area contributed by atoms with E-state index in [9.17, 15) is 14.0 Å². The Labute approximate surface area is 207 Å². The highest BCUT2D eigenvalue weighted by atomic mass is 32.2. The van der Waals surface area contributed by atoms with E-state index < -0.39 is 12.0 Å². The quantitative estimate of drug-likeness (QED) is 0.413. The smallest absolute Gasteiger partial charge is 0.338 e. The number of carbonyl (C=O) groups excluding carboxylic acids is 2. The lowest BCUT2D eigenvalue weighted by Crippen LogP contribution is -2.38. The first-order valence-electron chi connectivity index (χ1n) is 11.1. The van der Waals surface area contributed by atoms with Crippen LogP contribution in [0.2, 0.25) is 0 Å². The summed E-state index contributed by atoms with van der Waals surface area (Å²) in [6, 6.07) is 15.2. The number of aliphatic imine (C=N–C) groups is 1. The number of allylic oxidation sites excluding steroid dienone is 1. The summed E-state index contributed by atoms with van der Waals surface area (Å²) in [5.41, 5.74) is 3.27. The number of esters is 1. The number of carbonyl (C=O) groups is 2. The molecule has 0 fully saturated rings. The average molecular weight is 496 g/mol. The summed E-state index contributed by atoms with van der Waals surface area (Å²) in [7, 11) is 1.54. The zero-order valence-corrected chi connectivity index (χ0v) is 20.3. The van der Waals surface area contributed by atoms with Crippen molar-refractivity contribution in [3.63, 3.8) is 0 Å². The molecule has 2 aliphatic rings. The van der Waals surface area contributed by atoms with Crippen LogP contribution in [0.25, 0.3) is 0 Å². The number of benzene rings is 2. The maximum atomic E-state index is 13.4. The van der Waals surface area contributed by atoms with E-state index in [-0.39, 0.29) is 31.3 Å². The molecule has 0 aliphatic carbocycles. The third-order valence-electron chi connectivity index (χ3n) is 5.58. The van der Waals surface area contributed by atoms with Crippen molar-refractivity contribution in [2.24, 2.45) is 4.99 Å². The Morgan fingerprint density at radius 2 is 1.94 bits per heavy atom. The van der Waals surface area contributed by atoms with E-state index in [2.05, 4.69) is 10.3 Å². The summed E-state index contributed by atoms with van der Waals surface area (Å²) in [5, 5.41) is 5.41. The van der Waals surface area contributed by atoms with E-state index in [0.717, 1.165) is 5.56 Å². The third-order valence-corrected chi connectivity index (χ3v) is 6.47. The second-order valence-corrected chi connectivity index (χ2v) is 8.85. The van der Waals surface area contributed by atoms with Crippen molar-refractivity contribution in [1.29, 1.82) is 0 Å². The molecule has 4 rings (SSSR count). The van der Waals surface area contributed by atoms with Crippen LogP contribution in [-0.2, 0) is 25.6 Å². The van der Waals surface area contributed by atoms with E-state index in [1.54, 1.807) is 26.2 Å². The molecule has 0 bridgehead atoms. The highest BCUT2D eigenvalue weighted by molar-refractivity contribution is 8.16. The topological polar surface area (TPSA) is 80.2 Å². The second-order valence-electron chi connectivity index (χ2n) is 8.02. The Hall–Kier alpha value is -3.43. The average Bonchev–Trinajstić information content (AvgIpc) is 3.24. The number of ether oxygens (including phenoxy) is 2. The van der Waals surface area contributed by atoms with Crippen molar-refractivity contribution in [3.8, 4) is 0 Å². The molecule has 1 atom stereocenters. The van der Waals surface area contributed by atoms with Gasteiger partial charge in [0.2, 0.25) is 5.91 Å². The zero-order valence-electron chi connectivity index (χ0n) is 19.5. The first-order chi connectivity index (χ1) is 17.0. The van der Waals surface area contributed by atoms with Gasteiger partial charge in [-0.1, -0.05) is 54.2 Å². The summed E-state index contributed by atoms with van der Waals surface area (Å²) in [6.45, 7) is 2.43. The molecule has 0 spiro atoms. The van der Waals surface area contributed by atoms with Crippen LogP contribution in [0.4, 0.5) is 4.39 Å². The normalized spacial score (nSPS) is 17.0. The highest BCUT2D eigenvalue weighted by Gasteiger charge is 2.41. The van der Waals surface area contributed by atoms with Gasteiger partial charge in [-0.25, -0.2) is 14.2 Å². The Bertz CT molecular complexity index is 1200. The number of rotatable bonds is 9. The van der Waals surface area contributed by atoms with E-state index in [4.69, 9.17) is 9.47 Å². The first-order valence-corrected chi connectivity index (χ1v) is 12.0. The maximum Gasteiger partial charge on any atom is 0.338 e. The number of nitrogens with one attached hydrogen (secondary N) is 1. The molecule has 0 aromatic heterocycles. The molecule has 2 aromatic carbocycles. The van der Waals surface area contributed by atoms with E-state index in [0.29, 0.717) is 34.3 Å². The minimum atomic E-state index is -0.490. The Kier molecular flexibility index (Phi) is 7.99. The molecular weight excluding hydrogens is 469 g/mol. The number of hydrogen-bond acceptors (Lipinski definition) is 7. The van der Waals surface area contributed by atoms with Gasteiger partial charge in [0.05, 0.1) is 30.3 Å². The summed E-state index contributed by atoms with van der Waals surface area (Å²) >= 11 is 1.41. The van der Waals surface area contributed by atoms with Gasteiger partial charge < -0.3 is 19.7 Å². The van der Waals surface area contributed by atoms with Crippen molar-refractivity contribution in [2.75, 3.05) is 20.3 Å². The van der Waals surface area contributed by atoms with Gasteiger partial charge in [-0.05, 0) is 35.6 Å². The number of fused-ring (bicyclic) bond motifs is 1. The van der Waals surface area contributed by atoms with Crippen LogP contribution >= 0.6 is 11.8 Å². The molecule has 2 aliphatic heterocycles. The van der Waals surface area contributed by atoms with E-state index in [1.807, 2.05) is 40.6 Å². The predicted octanol–water partition coefficient (Wildman–Crippen LogP) is 4.30. The summed E-state index contributed by atoms with van der Waals surface area (Å²) in [5.74, 6) is -1.04. The first kappa shape index (κ1) is 24.7. The monoisotopic (exact) mass is 495 g/mol. The van der Waals surface area contributed by atoms with Crippen LogP contribution in [-0.4, -0.2) is 42.3 Å². The van der Waals surface area contributed by atoms with Crippen molar-refractivity contribution >= 4 is 28.8 Å². The fourth-order valence-electron chi connectivity index (χ4n) is 3.95. The number of thioether (sulfide) groups is 1. The van der Waals surface area contributed by atoms with Gasteiger partial charge in [0.15, 0.2) is 5.17 Å². The van der Waals surface area contributed by atoms with Crippen molar-refractivity contribution in [2.45, 2.75) is 25.9 Å². The molecule has 2 aromatic rings. The maximum absolute atomic E-state index is 13.4. The summed E-state index contributed by atoms with van der Waals surface area (Å²) in [4.78, 5) is 32.5. The molecule has 35 heavy (non-hydrogen) atoms. The molecule has 1 N–H and O–H groups in total. The van der Waals surface area contributed by atoms with Gasteiger partial charge in [-0.3, -0.25) is 4.79 Å². The van der Waals surface area contributed by atoms with Gasteiger partial charge in [-0.15, -0.1) is 0 Å². The van der Waals surface area contributed by atoms with Crippen LogP contribution in [0.3, 0.4) is 0 Å². The van der Waals surface area contributed by atoms with E-state index >= 15 is 0 Å². The lowest BCUT2D eigenvalue weighted by molar-refractivity contribution is -0.141. The lowest BCUT2D eigenvalue weighted by Gasteiger charge is -2.36. The third kappa shape index (κ3) is 5.80. The Morgan fingerprint density at radius 3 is 2.69 bits per heavy atom. The number of halogens is 1. The minimum absolute atomic E-state index is 0.0791. The summed E-state index contributed by atoms with van der Waals surface area (Å²) in [6.07, 6.45) is 0.0791. The van der Waals surface area contributed by atoms with Gasteiger partial charge >= 0.3 is 5.97 Å². The number of amides is 1. The minimum Gasteiger partial charge on any atom is -0.460 e. The van der Waals surface area contributed by atoms with Crippen molar-refractivity contribution in [3.05, 3.63) is 93.9 Å². The molecule has 0 radical (unpaired) electrons. The van der Waals surface area contributed by atoms with Gasteiger partial charge in [0.1, 0.15) is 12.4 Å². The van der Waals surface area contributed by atoms with Gasteiger partial charge in [0.25, 0.3) is 0 Å². The highest BCUT2D eigenvalue weighted by Crippen LogP contribution is 2.44. The number of methoxy groups -OCH3 is 1. The van der Waals surface area contributed by atoms with Gasteiger partial charge in [0, 0.05) is 19.4 Å². The standard InChI is InChI=1S/C26H26FN3O4S/c1-17-23(25(32)34-12-11-33-2)24(19-8-4-3-5-9-19)30-21(16-35-26(30)29-17)14-22(31)28-15-18-7-6-10-20(27)13-18/h3-10,13,16,24H,11-12,14-15H2,1-2H3,(H,28,31). The van der Waals surface area contributed by atoms with Crippen LogP contribution in [0, 0.1) is 5.82 Å². The fourth-order valence-corrected chi connectivity index (χ4v) is 4.92. The predicted molar refractivity (Wildman–Crippen MR) is 133 cm³/mol. The zero-order chi connectivity index (χ0) is 24.8. The van der Waals surface area contributed by atoms with Crippen LogP contribution in [0.1, 0.15) is 30.5 Å². The molecule has 0 saturated carbocycles. The molecular formula is C26H26FN3O4S. The Morgan fingerprint density at radius 1 is 1.14 bits per heavy atom. The van der Waals surface area contributed by atoms with Crippen LogP contribution in [0.5, 0.6) is 0 Å². The largest absolute Gasteiger partial charge is 0.460 e.